The van der Waals surface area contributed by atoms with Gasteiger partial charge in [0.05, 0.1) is 11.9 Å². The Balaban J connectivity index is 2.49. The van der Waals surface area contributed by atoms with Crippen LogP contribution in [-0.4, -0.2) is 21.6 Å². The monoisotopic (exact) mass is 177 g/mol. The first-order chi connectivity index (χ1) is 6.29. The molecular weight excluding hydrogens is 166 g/mol. The quantitative estimate of drug-likeness (QED) is 0.679. The van der Waals surface area contributed by atoms with E-state index in [9.17, 15) is 0 Å². The number of nitrogens with one attached hydrogen (secondary N) is 1. The van der Waals surface area contributed by atoms with Crippen molar-refractivity contribution in [3.05, 3.63) is 24.0 Å². The molecule has 2 rings (SSSR count). The third-order valence-corrected chi connectivity index (χ3v) is 1.75. The molecule has 68 valence electrons. The van der Waals surface area contributed by atoms with Crippen molar-refractivity contribution < 1.29 is 0 Å². The van der Waals surface area contributed by atoms with Gasteiger partial charge >= 0.3 is 0 Å². The minimum absolute atomic E-state index is 0.501. The number of hydrogen-bond acceptors (Lipinski definition) is 4. The van der Waals surface area contributed by atoms with E-state index < -0.39 is 0 Å². The van der Waals surface area contributed by atoms with Gasteiger partial charge in [0.1, 0.15) is 5.82 Å². The highest BCUT2D eigenvalue weighted by Crippen LogP contribution is 2.04. The number of nitrogens with two attached hydrogens (primary N) is 1. The van der Waals surface area contributed by atoms with Crippen LogP contribution in [0.5, 0.6) is 0 Å². The largest absolute Gasteiger partial charge is 0.382 e. The van der Waals surface area contributed by atoms with Crippen LogP contribution in [0.2, 0.25) is 0 Å². The third kappa shape index (κ3) is 1.46. The van der Waals surface area contributed by atoms with E-state index in [0.717, 1.165) is 17.9 Å². The van der Waals surface area contributed by atoms with Gasteiger partial charge in [-0.25, -0.2) is 9.50 Å². The molecule has 3 N–H and O–H groups in total. The Morgan fingerprint density at radius 2 is 2.38 bits per heavy atom. The van der Waals surface area contributed by atoms with Gasteiger partial charge in [0.25, 0.3) is 0 Å². The minimum Gasteiger partial charge on any atom is -0.382 e. The Morgan fingerprint density at radius 3 is 3.15 bits per heavy atom. The van der Waals surface area contributed by atoms with E-state index in [0.29, 0.717) is 5.82 Å². The lowest BCUT2D eigenvalue weighted by Gasteiger charge is -1.91. The van der Waals surface area contributed by atoms with Crippen molar-refractivity contribution in [1.29, 1.82) is 0 Å². The minimum atomic E-state index is 0.501. The maximum Gasteiger partial charge on any atom is 0.153 e. The molecule has 2 aromatic rings. The predicted octanol–water partition coefficient (Wildman–Crippen LogP) is 0.0309. The van der Waals surface area contributed by atoms with Crippen LogP contribution in [0.25, 0.3) is 5.65 Å². The van der Waals surface area contributed by atoms with Gasteiger partial charge in [-0.15, -0.1) is 5.10 Å². The van der Waals surface area contributed by atoms with E-state index in [1.165, 1.54) is 0 Å². The molecule has 0 saturated carbocycles. The van der Waals surface area contributed by atoms with Crippen molar-refractivity contribution in [3.8, 4) is 0 Å². The second kappa shape index (κ2) is 3.02. The van der Waals surface area contributed by atoms with Gasteiger partial charge in [0.2, 0.25) is 0 Å². The van der Waals surface area contributed by atoms with Crippen molar-refractivity contribution in [2.45, 2.75) is 6.54 Å². The molecule has 0 atom stereocenters. The summed E-state index contributed by atoms with van der Waals surface area (Å²) in [5.41, 5.74) is 7.31. The van der Waals surface area contributed by atoms with Crippen molar-refractivity contribution in [2.75, 3.05) is 12.8 Å². The molecule has 5 nitrogen and oxygen atoms in total. The molecule has 0 aliphatic heterocycles. The lowest BCUT2D eigenvalue weighted by atomic mass is 10.5. The summed E-state index contributed by atoms with van der Waals surface area (Å²) in [7, 11) is 1.88. The van der Waals surface area contributed by atoms with Crippen LogP contribution < -0.4 is 11.1 Å². The maximum atomic E-state index is 5.53. The van der Waals surface area contributed by atoms with Gasteiger partial charge in [0.15, 0.2) is 5.65 Å². The summed E-state index contributed by atoms with van der Waals surface area (Å²) in [6.07, 6.45) is 1.86. The Bertz CT molecular complexity index is 419. The number of anilines is 1. The van der Waals surface area contributed by atoms with Crippen LogP contribution in [0.3, 0.4) is 0 Å². The van der Waals surface area contributed by atoms with Gasteiger partial charge in [-0.05, 0) is 19.2 Å². The number of imidazole rings is 1. The number of hydrogen-bond donors (Lipinski definition) is 2. The number of fused-ring (bicyclic) bond motifs is 1. The van der Waals surface area contributed by atoms with E-state index in [4.69, 9.17) is 5.73 Å². The smallest absolute Gasteiger partial charge is 0.153 e. The zero-order valence-electron chi connectivity index (χ0n) is 7.36. The summed E-state index contributed by atoms with van der Waals surface area (Å²) in [4.78, 5) is 4.33. The van der Waals surface area contributed by atoms with E-state index in [-0.39, 0.29) is 0 Å². The van der Waals surface area contributed by atoms with Gasteiger partial charge in [-0.3, -0.25) is 0 Å². The Labute approximate surface area is 75.6 Å². The predicted molar refractivity (Wildman–Crippen MR) is 50.2 cm³/mol. The van der Waals surface area contributed by atoms with Crippen LogP contribution in [0, 0.1) is 0 Å². The summed E-state index contributed by atoms with van der Waals surface area (Å²) < 4.78 is 1.68. The number of nitrogen functional groups attached to an aromatic ring is 1. The molecule has 0 bridgehead atoms. The molecule has 0 saturated heterocycles. The fourth-order valence-corrected chi connectivity index (χ4v) is 1.21. The molecule has 0 aliphatic rings. The molecule has 0 unspecified atom stereocenters. The van der Waals surface area contributed by atoms with Gasteiger partial charge in [0, 0.05) is 6.54 Å². The molecule has 0 fully saturated rings. The summed E-state index contributed by atoms with van der Waals surface area (Å²) in [6.45, 7) is 0.739. The van der Waals surface area contributed by atoms with Gasteiger partial charge in [-0.1, -0.05) is 0 Å². The van der Waals surface area contributed by atoms with E-state index >= 15 is 0 Å². The number of aromatic nitrogens is 3. The standard InChI is InChI=1S/C8H11N5/c1-10-4-6-5-13-8(11-6)3-2-7(9)12-13/h2-3,5,10H,4H2,1H3,(H2,9,12). The van der Waals surface area contributed by atoms with Crippen LogP contribution >= 0.6 is 0 Å². The summed E-state index contributed by atoms with van der Waals surface area (Å²) in [5, 5.41) is 7.11. The number of nitrogens with zero attached hydrogens (tertiary/aromatic N) is 3. The van der Waals surface area contributed by atoms with E-state index in [1.807, 2.05) is 19.3 Å². The summed E-state index contributed by atoms with van der Waals surface area (Å²) in [5.74, 6) is 0.501. The fourth-order valence-electron chi connectivity index (χ4n) is 1.21. The zero-order valence-corrected chi connectivity index (χ0v) is 7.36. The highest BCUT2D eigenvalue weighted by molar-refractivity contribution is 5.42. The summed E-state index contributed by atoms with van der Waals surface area (Å²) in [6, 6.07) is 3.59. The molecule has 0 radical (unpaired) electrons. The van der Waals surface area contributed by atoms with Gasteiger partial charge < -0.3 is 11.1 Å². The van der Waals surface area contributed by atoms with Crippen molar-refractivity contribution in [3.63, 3.8) is 0 Å². The Morgan fingerprint density at radius 1 is 1.54 bits per heavy atom. The SMILES string of the molecule is CNCc1cn2nc(N)ccc2n1. The van der Waals surface area contributed by atoms with Crippen LogP contribution in [0.15, 0.2) is 18.3 Å². The van der Waals surface area contributed by atoms with Crippen LogP contribution in [-0.2, 0) is 6.54 Å². The van der Waals surface area contributed by atoms with Crippen molar-refractivity contribution >= 4 is 11.5 Å². The number of rotatable bonds is 2. The van der Waals surface area contributed by atoms with Crippen LogP contribution in [0.1, 0.15) is 5.69 Å². The molecule has 2 heterocycles. The van der Waals surface area contributed by atoms with Crippen molar-refractivity contribution in [1.82, 2.24) is 19.9 Å². The molecule has 5 heteroatoms. The first-order valence-electron chi connectivity index (χ1n) is 4.05. The molecule has 0 spiro atoms. The lowest BCUT2D eigenvalue weighted by molar-refractivity contribution is 0.796. The van der Waals surface area contributed by atoms with E-state index in [1.54, 1.807) is 10.6 Å². The summed E-state index contributed by atoms with van der Waals surface area (Å²) >= 11 is 0. The van der Waals surface area contributed by atoms with Crippen molar-refractivity contribution in [2.24, 2.45) is 0 Å². The van der Waals surface area contributed by atoms with E-state index in [2.05, 4.69) is 15.4 Å². The third-order valence-electron chi connectivity index (χ3n) is 1.75. The topological polar surface area (TPSA) is 68.2 Å². The maximum absolute atomic E-state index is 5.53. The first-order valence-corrected chi connectivity index (χ1v) is 4.05. The zero-order chi connectivity index (χ0) is 9.26. The Kier molecular flexibility index (Phi) is 1.86. The Hall–Kier alpha value is -1.62. The molecule has 2 aromatic heterocycles. The molecule has 0 aromatic carbocycles. The average molecular weight is 177 g/mol. The molecule has 0 amide bonds. The van der Waals surface area contributed by atoms with Gasteiger partial charge in [-0.2, -0.15) is 0 Å². The molecular formula is C8H11N5. The first kappa shape index (κ1) is 8.00. The second-order valence-electron chi connectivity index (χ2n) is 2.82. The normalized spacial score (nSPS) is 10.8. The highest BCUT2D eigenvalue weighted by Gasteiger charge is 2.00. The van der Waals surface area contributed by atoms with Crippen LogP contribution in [0.4, 0.5) is 5.82 Å². The second-order valence-corrected chi connectivity index (χ2v) is 2.82. The highest BCUT2D eigenvalue weighted by atomic mass is 15.3. The molecule has 0 aliphatic carbocycles. The fraction of sp³-hybridized carbons (Fsp3) is 0.250. The average Bonchev–Trinajstić information content (AvgIpc) is 2.46. The molecule has 13 heavy (non-hydrogen) atoms. The lowest BCUT2D eigenvalue weighted by Crippen LogP contribution is -2.04.